The van der Waals surface area contributed by atoms with Crippen LogP contribution < -0.4 is 14.8 Å². The fourth-order valence-corrected chi connectivity index (χ4v) is 2.42. The molecule has 2 aromatic carbocycles. The minimum atomic E-state index is -0.102. The lowest BCUT2D eigenvalue weighted by atomic mass is 10.1. The number of ether oxygens (including phenoxy) is 2. The van der Waals surface area contributed by atoms with Crippen molar-refractivity contribution in [2.45, 2.75) is 20.4 Å². The van der Waals surface area contributed by atoms with Gasteiger partial charge in [-0.3, -0.25) is 4.79 Å². The SMILES string of the molecule is Cc1ccc(CNC(=O)c2cc3c(cc2C)OCCO3)cc1. The number of carbonyl (C=O) groups excluding carboxylic acids is 1. The first-order valence-corrected chi connectivity index (χ1v) is 7.37. The van der Waals surface area contributed by atoms with E-state index in [1.807, 2.05) is 44.2 Å². The Kier molecular flexibility index (Phi) is 4.00. The van der Waals surface area contributed by atoms with Crippen molar-refractivity contribution in [2.75, 3.05) is 13.2 Å². The van der Waals surface area contributed by atoms with Crippen molar-refractivity contribution in [3.63, 3.8) is 0 Å². The Morgan fingerprint density at radius 1 is 1.05 bits per heavy atom. The van der Waals surface area contributed by atoms with Gasteiger partial charge in [0.15, 0.2) is 11.5 Å². The zero-order valence-corrected chi connectivity index (χ0v) is 12.8. The van der Waals surface area contributed by atoms with Gasteiger partial charge in [0.2, 0.25) is 0 Å². The van der Waals surface area contributed by atoms with Gasteiger partial charge < -0.3 is 14.8 Å². The molecular weight excluding hydrogens is 278 g/mol. The molecule has 0 atom stereocenters. The summed E-state index contributed by atoms with van der Waals surface area (Å²) in [7, 11) is 0. The molecular formula is C18H19NO3. The second kappa shape index (κ2) is 6.10. The third kappa shape index (κ3) is 3.06. The second-order valence-corrected chi connectivity index (χ2v) is 5.48. The molecule has 0 aliphatic carbocycles. The molecule has 1 aliphatic heterocycles. The van der Waals surface area contributed by atoms with Gasteiger partial charge in [0.05, 0.1) is 0 Å². The average Bonchev–Trinajstić information content (AvgIpc) is 2.53. The molecule has 22 heavy (non-hydrogen) atoms. The van der Waals surface area contributed by atoms with Crippen molar-refractivity contribution in [3.8, 4) is 11.5 Å². The largest absolute Gasteiger partial charge is 0.486 e. The molecule has 0 radical (unpaired) electrons. The quantitative estimate of drug-likeness (QED) is 0.947. The van der Waals surface area contributed by atoms with Crippen LogP contribution in [0.25, 0.3) is 0 Å². The molecule has 1 aliphatic rings. The standard InChI is InChI=1S/C18H19NO3/c1-12-3-5-14(6-4-12)11-19-18(20)15-10-17-16(9-13(15)2)21-7-8-22-17/h3-6,9-10H,7-8,11H2,1-2H3,(H,19,20). The highest BCUT2D eigenvalue weighted by Gasteiger charge is 2.17. The summed E-state index contributed by atoms with van der Waals surface area (Å²) in [6.45, 7) is 5.51. The summed E-state index contributed by atoms with van der Waals surface area (Å²) in [6.07, 6.45) is 0. The third-order valence-corrected chi connectivity index (χ3v) is 3.71. The number of nitrogens with one attached hydrogen (secondary N) is 1. The van der Waals surface area contributed by atoms with Crippen LogP contribution in [0.2, 0.25) is 0 Å². The lowest BCUT2D eigenvalue weighted by Gasteiger charge is -2.20. The van der Waals surface area contributed by atoms with Crippen LogP contribution in [0.3, 0.4) is 0 Å². The maximum atomic E-state index is 12.4. The Bertz CT molecular complexity index is 692. The number of carbonyl (C=O) groups is 1. The maximum Gasteiger partial charge on any atom is 0.251 e. The van der Waals surface area contributed by atoms with Crippen LogP contribution in [0.4, 0.5) is 0 Å². The molecule has 3 rings (SSSR count). The summed E-state index contributed by atoms with van der Waals surface area (Å²) in [6, 6.07) is 11.7. The van der Waals surface area contributed by atoms with Crippen molar-refractivity contribution < 1.29 is 14.3 Å². The first-order valence-electron chi connectivity index (χ1n) is 7.37. The Morgan fingerprint density at radius 2 is 1.68 bits per heavy atom. The summed E-state index contributed by atoms with van der Waals surface area (Å²) in [5.74, 6) is 1.24. The Labute approximate surface area is 130 Å². The first-order chi connectivity index (χ1) is 10.6. The predicted molar refractivity (Wildman–Crippen MR) is 84.5 cm³/mol. The number of rotatable bonds is 3. The first kappa shape index (κ1) is 14.4. The topological polar surface area (TPSA) is 47.6 Å². The van der Waals surface area contributed by atoms with E-state index >= 15 is 0 Å². The van der Waals surface area contributed by atoms with Gasteiger partial charge >= 0.3 is 0 Å². The highest BCUT2D eigenvalue weighted by molar-refractivity contribution is 5.96. The van der Waals surface area contributed by atoms with Gasteiger partial charge in [-0.2, -0.15) is 0 Å². The van der Waals surface area contributed by atoms with E-state index in [2.05, 4.69) is 5.32 Å². The smallest absolute Gasteiger partial charge is 0.251 e. The van der Waals surface area contributed by atoms with Gasteiger partial charge in [-0.25, -0.2) is 0 Å². The molecule has 0 saturated heterocycles. The molecule has 0 unspecified atom stereocenters. The molecule has 1 N–H and O–H groups in total. The van der Waals surface area contributed by atoms with E-state index in [0.29, 0.717) is 36.8 Å². The second-order valence-electron chi connectivity index (χ2n) is 5.48. The van der Waals surface area contributed by atoms with E-state index in [1.54, 1.807) is 6.07 Å². The Hall–Kier alpha value is -2.49. The molecule has 0 aromatic heterocycles. The van der Waals surface area contributed by atoms with Crippen molar-refractivity contribution in [1.82, 2.24) is 5.32 Å². The Morgan fingerprint density at radius 3 is 2.36 bits per heavy atom. The number of aryl methyl sites for hydroxylation is 2. The summed E-state index contributed by atoms with van der Waals surface area (Å²) in [4.78, 5) is 12.4. The summed E-state index contributed by atoms with van der Waals surface area (Å²) < 4.78 is 11.1. The highest BCUT2D eigenvalue weighted by atomic mass is 16.6. The lowest BCUT2D eigenvalue weighted by molar-refractivity contribution is 0.0949. The monoisotopic (exact) mass is 297 g/mol. The summed E-state index contributed by atoms with van der Waals surface area (Å²) in [5.41, 5.74) is 3.79. The molecule has 0 bridgehead atoms. The molecule has 4 nitrogen and oxygen atoms in total. The van der Waals surface area contributed by atoms with E-state index in [0.717, 1.165) is 11.1 Å². The van der Waals surface area contributed by atoms with Crippen LogP contribution in [-0.2, 0) is 6.54 Å². The molecule has 0 fully saturated rings. The van der Waals surface area contributed by atoms with Crippen LogP contribution in [0.15, 0.2) is 36.4 Å². The Balaban J connectivity index is 1.73. The van der Waals surface area contributed by atoms with Gasteiger partial charge in [-0.15, -0.1) is 0 Å². The molecule has 2 aromatic rings. The van der Waals surface area contributed by atoms with E-state index < -0.39 is 0 Å². The van der Waals surface area contributed by atoms with Crippen LogP contribution in [0.1, 0.15) is 27.0 Å². The van der Waals surface area contributed by atoms with E-state index in [9.17, 15) is 4.79 Å². The van der Waals surface area contributed by atoms with Crippen LogP contribution in [-0.4, -0.2) is 19.1 Å². The highest BCUT2D eigenvalue weighted by Crippen LogP contribution is 2.32. The van der Waals surface area contributed by atoms with Crippen LogP contribution in [0.5, 0.6) is 11.5 Å². The number of fused-ring (bicyclic) bond motifs is 1. The zero-order valence-electron chi connectivity index (χ0n) is 12.8. The molecule has 1 heterocycles. The van der Waals surface area contributed by atoms with Crippen LogP contribution in [0, 0.1) is 13.8 Å². The summed E-state index contributed by atoms with van der Waals surface area (Å²) >= 11 is 0. The third-order valence-electron chi connectivity index (χ3n) is 3.71. The molecule has 0 spiro atoms. The van der Waals surface area contributed by atoms with Crippen molar-refractivity contribution in [1.29, 1.82) is 0 Å². The lowest BCUT2D eigenvalue weighted by Crippen LogP contribution is -2.24. The summed E-state index contributed by atoms with van der Waals surface area (Å²) in [5, 5.41) is 2.95. The van der Waals surface area contributed by atoms with Crippen LogP contribution >= 0.6 is 0 Å². The average molecular weight is 297 g/mol. The fourth-order valence-electron chi connectivity index (χ4n) is 2.42. The van der Waals surface area contributed by atoms with E-state index in [1.165, 1.54) is 5.56 Å². The van der Waals surface area contributed by atoms with E-state index in [4.69, 9.17) is 9.47 Å². The minimum Gasteiger partial charge on any atom is -0.486 e. The zero-order chi connectivity index (χ0) is 15.5. The number of amides is 1. The van der Waals surface area contributed by atoms with Gasteiger partial charge in [-0.05, 0) is 37.1 Å². The fraction of sp³-hybridized carbons (Fsp3) is 0.278. The number of hydrogen-bond donors (Lipinski definition) is 1. The predicted octanol–water partition coefficient (Wildman–Crippen LogP) is 3.00. The van der Waals surface area contributed by atoms with Crippen molar-refractivity contribution in [3.05, 3.63) is 58.7 Å². The normalized spacial score (nSPS) is 12.8. The van der Waals surface area contributed by atoms with Gasteiger partial charge in [0.25, 0.3) is 5.91 Å². The number of benzene rings is 2. The van der Waals surface area contributed by atoms with Gasteiger partial charge in [-0.1, -0.05) is 29.8 Å². The molecule has 4 heteroatoms. The van der Waals surface area contributed by atoms with Gasteiger partial charge in [0, 0.05) is 12.1 Å². The molecule has 1 amide bonds. The van der Waals surface area contributed by atoms with Crippen molar-refractivity contribution >= 4 is 5.91 Å². The van der Waals surface area contributed by atoms with Gasteiger partial charge in [0.1, 0.15) is 13.2 Å². The number of hydrogen-bond acceptors (Lipinski definition) is 3. The minimum absolute atomic E-state index is 0.102. The maximum absolute atomic E-state index is 12.4. The van der Waals surface area contributed by atoms with Crippen molar-refractivity contribution in [2.24, 2.45) is 0 Å². The molecule has 0 saturated carbocycles. The van der Waals surface area contributed by atoms with E-state index in [-0.39, 0.29) is 5.91 Å². The molecule has 114 valence electrons.